The third-order valence-corrected chi connectivity index (χ3v) is 5.10. The molecule has 0 spiro atoms. The molecule has 2 unspecified atom stereocenters. The molecule has 16 heavy (non-hydrogen) atoms. The van der Waals surface area contributed by atoms with E-state index in [1.165, 1.54) is 12.3 Å². The zero-order chi connectivity index (χ0) is 12.7. The second-order valence-electron chi connectivity index (χ2n) is 3.77. The summed E-state index contributed by atoms with van der Waals surface area (Å²) >= 11 is 0. The molecule has 1 heterocycles. The summed E-state index contributed by atoms with van der Waals surface area (Å²) in [7, 11) is 8.37. The van der Waals surface area contributed by atoms with E-state index in [4.69, 9.17) is 19.8 Å². The summed E-state index contributed by atoms with van der Waals surface area (Å²) < 4.78 is 0. The van der Waals surface area contributed by atoms with Gasteiger partial charge >= 0.3 is 11.9 Å². The summed E-state index contributed by atoms with van der Waals surface area (Å²) in [6, 6.07) is 0. The van der Waals surface area contributed by atoms with Gasteiger partial charge in [-0.1, -0.05) is 28.5 Å². The lowest BCUT2D eigenvalue weighted by atomic mass is 10.1. The molecule has 0 aromatic rings. The van der Waals surface area contributed by atoms with Crippen molar-refractivity contribution < 1.29 is 19.8 Å². The molecule has 0 amide bonds. The van der Waals surface area contributed by atoms with Crippen LogP contribution in [0.25, 0.3) is 0 Å². The number of carbonyl (C=O) groups is 2. The first-order chi connectivity index (χ1) is 7.34. The Morgan fingerprint density at radius 2 is 1.81 bits per heavy atom. The second-order valence-corrected chi connectivity index (χ2v) is 6.42. The van der Waals surface area contributed by atoms with Crippen molar-refractivity contribution in [2.75, 3.05) is 26.4 Å². The van der Waals surface area contributed by atoms with Crippen LogP contribution >= 0.6 is 21.6 Å². The van der Waals surface area contributed by atoms with Gasteiger partial charge in [-0.2, -0.15) is 0 Å². The fourth-order valence-electron chi connectivity index (χ4n) is 1.01. The van der Waals surface area contributed by atoms with Crippen LogP contribution in [0.1, 0.15) is 6.92 Å². The molecule has 1 aliphatic heterocycles. The molecule has 0 radical (unpaired) electrons. The van der Waals surface area contributed by atoms with Crippen LogP contribution in [0.4, 0.5) is 0 Å². The number of hydrogen-bond donors (Lipinski definition) is 2. The van der Waals surface area contributed by atoms with Crippen molar-refractivity contribution in [2.45, 2.75) is 12.2 Å². The minimum absolute atomic E-state index is 0.861. The van der Waals surface area contributed by atoms with Crippen molar-refractivity contribution in [1.82, 2.24) is 4.90 Å². The first kappa shape index (κ1) is 15.6. The lowest BCUT2D eigenvalue weighted by Crippen LogP contribution is -2.26. The minimum atomic E-state index is -1.82. The molecule has 7 heteroatoms. The standard InChI is InChI=1S/C7H15NS2.C2H2O4/c1-6-5-9-10-7(6)4-8(2)3;3-1(4)2(5)6/h6-7H,4-5H2,1-3H3;(H,3,4)(H,5,6). The van der Waals surface area contributed by atoms with Crippen LogP contribution < -0.4 is 0 Å². The average molecular weight is 267 g/mol. The van der Waals surface area contributed by atoms with Crippen LogP contribution in [0.5, 0.6) is 0 Å². The van der Waals surface area contributed by atoms with Crippen LogP contribution in [-0.4, -0.2) is 58.7 Å². The summed E-state index contributed by atoms with van der Waals surface area (Å²) in [5.41, 5.74) is 0. The zero-order valence-corrected chi connectivity index (χ0v) is 11.2. The Morgan fingerprint density at radius 1 is 1.31 bits per heavy atom. The summed E-state index contributed by atoms with van der Waals surface area (Å²) in [5, 5.41) is 15.6. The van der Waals surface area contributed by atoms with Crippen molar-refractivity contribution >= 4 is 33.5 Å². The maximum atomic E-state index is 9.10. The van der Waals surface area contributed by atoms with E-state index in [0.717, 1.165) is 11.2 Å². The van der Waals surface area contributed by atoms with Crippen LogP contribution in [0, 0.1) is 5.92 Å². The molecule has 1 saturated heterocycles. The third kappa shape index (κ3) is 6.97. The first-order valence-electron chi connectivity index (χ1n) is 4.73. The Balaban J connectivity index is 0.000000325. The molecule has 2 N–H and O–H groups in total. The molecule has 1 aliphatic rings. The van der Waals surface area contributed by atoms with Crippen molar-refractivity contribution in [2.24, 2.45) is 5.92 Å². The number of carboxylic acids is 2. The Bertz CT molecular complexity index is 236. The highest BCUT2D eigenvalue weighted by molar-refractivity contribution is 8.77. The molecule has 0 saturated carbocycles. The summed E-state index contributed by atoms with van der Waals surface area (Å²) in [5.74, 6) is -1.41. The normalized spacial score (nSPS) is 23.8. The van der Waals surface area contributed by atoms with Crippen LogP contribution in [0.3, 0.4) is 0 Å². The topological polar surface area (TPSA) is 77.8 Å². The Morgan fingerprint density at radius 3 is 2.06 bits per heavy atom. The number of rotatable bonds is 2. The number of nitrogens with zero attached hydrogens (tertiary/aromatic N) is 1. The van der Waals surface area contributed by atoms with E-state index in [1.54, 1.807) is 0 Å². The fourth-order valence-corrected chi connectivity index (χ4v) is 4.63. The van der Waals surface area contributed by atoms with Gasteiger partial charge in [0, 0.05) is 17.5 Å². The van der Waals surface area contributed by atoms with E-state index in [2.05, 4.69) is 36.7 Å². The molecule has 2 atom stereocenters. The van der Waals surface area contributed by atoms with Gasteiger partial charge in [0.1, 0.15) is 0 Å². The molecular weight excluding hydrogens is 250 g/mol. The van der Waals surface area contributed by atoms with Crippen molar-refractivity contribution in [3.8, 4) is 0 Å². The van der Waals surface area contributed by atoms with E-state index in [1.807, 2.05) is 10.8 Å². The van der Waals surface area contributed by atoms with Crippen molar-refractivity contribution in [1.29, 1.82) is 0 Å². The van der Waals surface area contributed by atoms with E-state index in [0.29, 0.717) is 0 Å². The molecule has 0 bridgehead atoms. The lowest BCUT2D eigenvalue weighted by molar-refractivity contribution is -0.159. The molecule has 0 aromatic heterocycles. The first-order valence-corrected chi connectivity index (χ1v) is 7.12. The lowest BCUT2D eigenvalue weighted by Gasteiger charge is -2.17. The van der Waals surface area contributed by atoms with Gasteiger partial charge in [0.2, 0.25) is 0 Å². The van der Waals surface area contributed by atoms with E-state index < -0.39 is 11.9 Å². The molecule has 0 aromatic carbocycles. The van der Waals surface area contributed by atoms with Gasteiger partial charge in [-0.25, -0.2) is 9.59 Å². The van der Waals surface area contributed by atoms with Crippen LogP contribution in [0.15, 0.2) is 0 Å². The van der Waals surface area contributed by atoms with Gasteiger partial charge in [0.25, 0.3) is 0 Å². The maximum absolute atomic E-state index is 9.10. The van der Waals surface area contributed by atoms with E-state index >= 15 is 0 Å². The molecule has 0 aliphatic carbocycles. The van der Waals surface area contributed by atoms with Gasteiger partial charge in [-0.15, -0.1) is 0 Å². The van der Waals surface area contributed by atoms with Crippen molar-refractivity contribution in [3.05, 3.63) is 0 Å². The second kappa shape index (κ2) is 7.81. The highest BCUT2D eigenvalue weighted by Gasteiger charge is 2.24. The number of aliphatic carboxylic acids is 2. The van der Waals surface area contributed by atoms with E-state index in [-0.39, 0.29) is 0 Å². The summed E-state index contributed by atoms with van der Waals surface area (Å²) in [6.45, 7) is 3.58. The quantitative estimate of drug-likeness (QED) is 0.573. The highest BCUT2D eigenvalue weighted by Crippen LogP contribution is 2.41. The smallest absolute Gasteiger partial charge is 0.414 e. The highest BCUT2D eigenvalue weighted by atomic mass is 33.1. The predicted molar refractivity (Wildman–Crippen MR) is 66.8 cm³/mol. The summed E-state index contributed by atoms with van der Waals surface area (Å²) in [6.07, 6.45) is 0. The number of carboxylic acid groups (broad SMARTS) is 2. The van der Waals surface area contributed by atoms with Gasteiger partial charge in [0.05, 0.1) is 0 Å². The largest absolute Gasteiger partial charge is 0.473 e. The SMILES string of the molecule is CC1CSSC1CN(C)C.O=C(O)C(=O)O. The van der Waals surface area contributed by atoms with Gasteiger partial charge in [-0.05, 0) is 20.0 Å². The molecular formula is C9H17NO4S2. The molecule has 1 rings (SSSR count). The van der Waals surface area contributed by atoms with Gasteiger partial charge in [-0.3, -0.25) is 0 Å². The monoisotopic (exact) mass is 267 g/mol. The molecule has 5 nitrogen and oxygen atoms in total. The van der Waals surface area contributed by atoms with E-state index in [9.17, 15) is 0 Å². The van der Waals surface area contributed by atoms with Crippen LogP contribution in [-0.2, 0) is 9.59 Å². The number of hydrogen-bond acceptors (Lipinski definition) is 5. The van der Waals surface area contributed by atoms with Gasteiger partial charge < -0.3 is 15.1 Å². The maximum Gasteiger partial charge on any atom is 0.414 e. The predicted octanol–water partition coefficient (Wildman–Crippen LogP) is 1.10. The average Bonchev–Trinajstić information content (AvgIpc) is 2.52. The fraction of sp³-hybridized carbons (Fsp3) is 0.778. The Labute approximate surface area is 103 Å². The van der Waals surface area contributed by atoms with Crippen LogP contribution in [0.2, 0.25) is 0 Å². The zero-order valence-electron chi connectivity index (χ0n) is 9.54. The Hall–Kier alpha value is -0.400. The molecule has 94 valence electrons. The van der Waals surface area contributed by atoms with Crippen molar-refractivity contribution in [3.63, 3.8) is 0 Å². The third-order valence-electron chi connectivity index (χ3n) is 1.89. The van der Waals surface area contributed by atoms with Gasteiger partial charge in [0.15, 0.2) is 0 Å². The molecule has 1 fully saturated rings. The Kier molecular flexibility index (Phi) is 7.61. The minimum Gasteiger partial charge on any atom is -0.473 e. The summed E-state index contributed by atoms with van der Waals surface area (Å²) in [4.78, 5) is 20.5.